The van der Waals surface area contributed by atoms with Crippen LogP contribution in [0.25, 0.3) is 22.3 Å². The van der Waals surface area contributed by atoms with Crippen molar-refractivity contribution < 1.29 is 9.90 Å². The molecule has 0 atom stereocenters. The number of carboxylic acid groups (broad SMARTS) is 1. The Morgan fingerprint density at radius 1 is 1.30 bits per heavy atom. The van der Waals surface area contributed by atoms with E-state index in [4.69, 9.17) is 0 Å². The molecular weight excluding hydrogens is 358 g/mol. The monoisotopic (exact) mass is 377 g/mol. The van der Waals surface area contributed by atoms with Crippen LogP contribution in [0.1, 0.15) is 32.3 Å². The molecule has 0 radical (unpaired) electrons. The summed E-state index contributed by atoms with van der Waals surface area (Å²) in [6, 6.07) is 14.1. The van der Waals surface area contributed by atoms with Gasteiger partial charge in [-0.1, -0.05) is 0 Å². The molecule has 1 fully saturated rings. The van der Waals surface area contributed by atoms with Crippen LogP contribution in [0.2, 0.25) is 0 Å². The molecule has 1 aromatic carbocycles. The smallest absolute Gasteiger partial charge is 0.320 e. The zero-order valence-electron chi connectivity index (χ0n) is 15.1. The van der Waals surface area contributed by atoms with Crippen LogP contribution in [0.3, 0.4) is 0 Å². The number of aliphatic carboxylic acids is 1. The summed E-state index contributed by atoms with van der Waals surface area (Å²) in [5, 5.41) is 19.8. The highest BCUT2D eigenvalue weighted by molar-refractivity contribution is 8.01. The number of thioether (sulfide) groups is 1. The Balaban J connectivity index is 1.68. The first-order valence-corrected chi connectivity index (χ1v) is 9.58. The van der Waals surface area contributed by atoms with Crippen molar-refractivity contribution in [3.8, 4) is 17.5 Å². The van der Waals surface area contributed by atoms with Crippen molar-refractivity contribution in [2.45, 2.75) is 41.7 Å². The van der Waals surface area contributed by atoms with Crippen molar-refractivity contribution in [3.63, 3.8) is 0 Å². The molecule has 0 saturated heterocycles. The molecule has 1 aliphatic rings. The Morgan fingerprint density at radius 2 is 2.07 bits per heavy atom. The predicted molar refractivity (Wildman–Crippen MR) is 106 cm³/mol. The quantitative estimate of drug-likeness (QED) is 0.670. The molecule has 2 heterocycles. The number of hydrogen-bond donors (Lipinski definition) is 2. The molecule has 2 N–H and O–H groups in total. The average Bonchev–Trinajstić information content (AvgIpc) is 3.32. The topological polar surface area (TPSA) is 89.8 Å². The van der Waals surface area contributed by atoms with Gasteiger partial charge in [-0.15, -0.1) is 11.8 Å². The SMILES string of the molecule is CC(C)(C#N)c1ccnc(-c2cc3cc(SC4(C(=O)O)CC4)ccc3[nH]2)c1. The zero-order valence-corrected chi connectivity index (χ0v) is 15.9. The number of carboxylic acids is 1. The van der Waals surface area contributed by atoms with Gasteiger partial charge < -0.3 is 10.1 Å². The molecule has 4 rings (SSSR count). The first-order valence-electron chi connectivity index (χ1n) is 8.76. The van der Waals surface area contributed by atoms with Gasteiger partial charge >= 0.3 is 5.97 Å². The number of aromatic amines is 1. The molecule has 3 aromatic rings. The number of carbonyl (C=O) groups is 1. The Labute approximate surface area is 161 Å². The fourth-order valence-corrected chi connectivity index (χ4v) is 4.21. The third-order valence-electron chi connectivity index (χ3n) is 5.04. The van der Waals surface area contributed by atoms with E-state index in [0.717, 1.165) is 45.6 Å². The molecule has 0 aliphatic heterocycles. The van der Waals surface area contributed by atoms with Gasteiger partial charge in [0.05, 0.1) is 22.9 Å². The molecule has 0 amide bonds. The number of nitrogens with one attached hydrogen (secondary N) is 1. The van der Waals surface area contributed by atoms with Crippen LogP contribution in [0, 0.1) is 11.3 Å². The van der Waals surface area contributed by atoms with E-state index < -0.39 is 16.1 Å². The Morgan fingerprint density at radius 3 is 2.74 bits per heavy atom. The Kier molecular flexibility index (Phi) is 4.01. The molecule has 1 saturated carbocycles. The van der Waals surface area contributed by atoms with Crippen molar-refractivity contribution in [1.82, 2.24) is 9.97 Å². The van der Waals surface area contributed by atoms with Gasteiger partial charge in [0.15, 0.2) is 0 Å². The maximum atomic E-state index is 11.4. The highest BCUT2D eigenvalue weighted by Gasteiger charge is 2.51. The zero-order chi connectivity index (χ0) is 19.2. The minimum atomic E-state index is -0.733. The van der Waals surface area contributed by atoms with Gasteiger partial charge in [-0.3, -0.25) is 9.78 Å². The van der Waals surface area contributed by atoms with Crippen LogP contribution in [0.5, 0.6) is 0 Å². The van der Waals surface area contributed by atoms with Gasteiger partial charge in [-0.2, -0.15) is 5.26 Å². The standard InChI is InChI=1S/C21H19N3O2S/c1-20(2,12-22)14-5-8-23-17(11-14)18-10-13-9-15(3-4-16(13)24-18)27-21(6-7-21)19(25)26/h3-5,8-11,24H,6-7H2,1-2H3,(H,25,26). The first kappa shape index (κ1) is 17.6. The summed E-state index contributed by atoms with van der Waals surface area (Å²) in [5.41, 5.74) is 2.97. The molecule has 0 bridgehead atoms. The Hall–Kier alpha value is -2.78. The maximum absolute atomic E-state index is 11.4. The minimum Gasteiger partial charge on any atom is -0.480 e. The second-order valence-electron chi connectivity index (χ2n) is 7.50. The summed E-state index contributed by atoms with van der Waals surface area (Å²) in [7, 11) is 0. The second kappa shape index (κ2) is 6.14. The van der Waals surface area contributed by atoms with Gasteiger partial charge in [0, 0.05) is 22.0 Å². The predicted octanol–water partition coefficient (Wildman–Crippen LogP) is 4.74. The van der Waals surface area contributed by atoms with E-state index in [9.17, 15) is 15.2 Å². The van der Waals surface area contributed by atoms with Crippen LogP contribution >= 0.6 is 11.8 Å². The number of rotatable bonds is 5. The summed E-state index contributed by atoms with van der Waals surface area (Å²) < 4.78 is -0.647. The molecule has 1 aliphatic carbocycles. The molecule has 5 nitrogen and oxygen atoms in total. The van der Waals surface area contributed by atoms with Crippen LogP contribution in [0.4, 0.5) is 0 Å². The van der Waals surface area contributed by atoms with E-state index in [1.807, 2.05) is 50.2 Å². The van der Waals surface area contributed by atoms with Crippen molar-refractivity contribution in [2.24, 2.45) is 0 Å². The highest BCUT2D eigenvalue weighted by atomic mass is 32.2. The lowest BCUT2D eigenvalue weighted by atomic mass is 9.86. The normalized spacial score (nSPS) is 15.4. The van der Waals surface area contributed by atoms with Gasteiger partial charge in [0.1, 0.15) is 4.75 Å². The molecule has 0 unspecified atom stereocenters. The minimum absolute atomic E-state index is 0.580. The Bertz CT molecular complexity index is 1090. The van der Waals surface area contributed by atoms with E-state index in [0.29, 0.717) is 0 Å². The summed E-state index contributed by atoms with van der Waals surface area (Å²) in [6.07, 6.45) is 3.16. The largest absolute Gasteiger partial charge is 0.480 e. The van der Waals surface area contributed by atoms with E-state index in [2.05, 4.69) is 16.0 Å². The second-order valence-corrected chi connectivity index (χ2v) is 8.96. The number of H-pyrrole nitrogens is 1. The maximum Gasteiger partial charge on any atom is 0.320 e. The summed E-state index contributed by atoms with van der Waals surface area (Å²) in [6.45, 7) is 3.77. The van der Waals surface area contributed by atoms with E-state index in [-0.39, 0.29) is 0 Å². The molecule has 0 spiro atoms. The van der Waals surface area contributed by atoms with Crippen LogP contribution in [-0.2, 0) is 10.2 Å². The van der Waals surface area contributed by atoms with E-state index >= 15 is 0 Å². The average molecular weight is 377 g/mol. The lowest BCUT2D eigenvalue weighted by Crippen LogP contribution is -2.16. The third kappa shape index (κ3) is 3.19. The van der Waals surface area contributed by atoms with Gasteiger partial charge in [0.25, 0.3) is 0 Å². The number of nitriles is 1. The summed E-state index contributed by atoms with van der Waals surface area (Å²) in [5.74, 6) is -0.733. The lowest BCUT2D eigenvalue weighted by molar-refractivity contribution is -0.137. The number of fused-ring (bicyclic) bond motifs is 1. The molecule has 136 valence electrons. The number of hydrogen-bond acceptors (Lipinski definition) is 4. The number of pyridine rings is 1. The van der Waals surface area contributed by atoms with Crippen molar-refractivity contribution in [1.29, 1.82) is 5.26 Å². The summed E-state index contributed by atoms with van der Waals surface area (Å²) in [4.78, 5) is 20.2. The third-order valence-corrected chi connectivity index (χ3v) is 6.50. The molecule has 27 heavy (non-hydrogen) atoms. The molecule has 6 heteroatoms. The van der Waals surface area contributed by atoms with Crippen LogP contribution in [0.15, 0.2) is 47.5 Å². The number of benzene rings is 1. The van der Waals surface area contributed by atoms with E-state index in [1.165, 1.54) is 11.8 Å². The summed E-state index contributed by atoms with van der Waals surface area (Å²) >= 11 is 1.43. The van der Waals surface area contributed by atoms with Gasteiger partial charge in [-0.25, -0.2) is 0 Å². The van der Waals surface area contributed by atoms with Gasteiger partial charge in [-0.05, 0) is 68.7 Å². The fourth-order valence-electron chi connectivity index (χ4n) is 3.04. The fraction of sp³-hybridized carbons (Fsp3) is 0.286. The van der Waals surface area contributed by atoms with Gasteiger partial charge in [0.2, 0.25) is 0 Å². The van der Waals surface area contributed by atoms with Crippen LogP contribution in [-0.4, -0.2) is 25.8 Å². The highest BCUT2D eigenvalue weighted by Crippen LogP contribution is 2.52. The lowest BCUT2D eigenvalue weighted by Gasteiger charge is -2.15. The number of aromatic nitrogens is 2. The van der Waals surface area contributed by atoms with Crippen LogP contribution < -0.4 is 0 Å². The molecular formula is C21H19N3O2S. The number of nitrogens with zero attached hydrogens (tertiary/aromatic N) is 2. The first-order chi connectivity index (χ1) is 12.8. The van der Waals surface area contributed by atoms with Crippen molar-refractivity contribution in [3.05, 3.63) is 48.2 Å². The van der Waals surface area contributed by atoms with E-state index in [1.54, 1.807) is 6.20 Å². The van der Waals surface area contributed by atoms with Crippen molar-refractivity contribution in [2.75, 3.05) is 0 Å². The van der Waals surface area contributed by atoms with Crippen molar-refractivity contribution >= 4 is 28.6 Å². The molecule has 2 aromatic heterocycles.